The molecule has 2 aliphatic heterocycles. The zero-order chi connectivity index (χ0) is 18.3. The van der Waals surface area contributed by atoms with Crippen molar-refractivity contribution < 1.29 is 14.7 Å². The fourth-order valence-electron chi connectivity index (χ4n) is 4.50. The van der Waals surface area contributed by atoms with E-state index in [0.29, 0.717) is 17.7 Å². The Morgan fingerprint density at radius 3 is 2.81 bits per heavy atom. The van der Waals surface area contributed by atoms with Crippen LogP contribution >= 0.6 is 11.6 Å². The lowest BCUT2D eigenvalue weighted by Crippen LogP contribution is -2.54. The van der Waals surface area contributed by atoms with Crippen LogP contribution in [0.4, 0.5) is 0 Å². The topological polar surface area (TPSA) is 81.7 Å². The van der Waals surface area contributed by atoms with Gasteiger partial charge in [-0.2, -0.15) is 0 Å². The van der Waals surface area contributed by atoms with Crippen molar-refractivity contribution in [3.63, 3.8) is 0 Å². The van der Waals surface area contributed by atoms with E-state index in [1.54, 1.807) is 23.1 Å². The molecule has 2 heterocycles. The predicted octanol–water partition coefficient (Wildman–Crippen LogP) is 1.80. The Bertz CT molecular complexity index is 779. The van der Waals surface area contributed by atoms with Gasteiger partial charge in [0, 0.05) is 17.3 Å². The van der Waals surface area contributed by atoms with E-state index >= 15 is 0 Å². The highest BCUT2D eigenvalue weighted by Crippen LogP contribution is 2.42. The Morgan fingerprint density at radius 2 is 2.04 bits per heavy atom. The zero-order valence-electron chi connectivity index (χ0n) is 14.4. The molecule has 1 aliphatic carbocycles. The Hall–Kier alpha value is -2.21. The molecule has 3 atom stereocenters. The van der Waals surface area contributed by atoms with Gasteiger partial charge in [-0.15, -0.1) is 11.6 Å². The van der Waals surface area contributed by atoms with E-state index < -0.39 is 6.04 Å². The van der Waals surface area contributed by atoms with Crippen LogP contribution in [0.5, 0.6) is 5.75 Å². The van der Waals surface area contributed by atoms with E-state index in [2.05, 4.69) is 10.6 Å². The largest absolute Gasteiger partial charge is 0.508 e. The number of benzene rings is 1. The Balaban J connectivity index is 1.91. The molecular weight excluding hydrogens is 354 g/mol. The SMILES string of the molecule is O=C1NCC2=C1[C@@H](c1ccccc1O)N(C(=O)CCl)[C@@H]1CCCC[C@H]1N2. The average Bonchev–Trinajstić information content (AvgIpc) is 2.93. The summed E-state index contributed by atoms with van der Waals surface area (Å²) in [6.45, 7) is 0.421. The molecule has 1 fully saturated rings. The van der Waals surface area contributed by atoms with Crippen LogP contribution in [0.3, 0.4) is 0 Å². The van der Waals surface area contributed by atoms with Gasteiger partial charge in [0.05, 0.1) is 24.2 Å². The Kier molecular flexibility index (Phi) is 4.53. The number of carbonyl (C=O) groups is 2. The van der Waals surface area contributed by atoms with E-state index in [1.165, 1.54) is 0 Å². The number of fused-ring (bicyclic) bond motifs is 1. The molecule has 4 rings (SSSR count). The van der Waals surface area contributed by atoms with Gasteiger partial charge in [-0.25, -0.2) is 0 Å². The molecule has 0 unspecified atom stereocenters. The Morgan fingerprint density at radius 1 is 1.27 bits per heavy atom. The van der Waals surface area contributed by atoms with Crippen molar-refractivity contribution in [2.75, 3.05) is 12.4 Å². The summed E-state index contributed by atoms with van der Waals surface area (Å²) in [6, 6.07) is 6.29. The van der Waals surface area contributed by atoms with Crippen molar-refractivity contribution in [1.29, 1.82) is 0 Å². The highest BCUT2D eigenvalue weighted by atomic mass is 35.5. The summed E-state index contributed by atoms with van der Waals surface area (Å²) in [7, 11) is 0. The van der Waals surface area contributed by atoms with Crippen molar-refractivity contribution in [2.45, 2.75) is 43.8 Å². The minimum Gasteiger partial charge on any atom is -0.508 e. The molecule has 6 nitrogen and oxygen atoms in total. The van der Waals surface area contributed by atoms with Crippen LogP contribution in [0.1, 0.15) is 37.3 Å². The van der Waals surface area contributed by atoms with Gasteiger partial charge in [-0.3, -0.25) is 9.59 Å². The van der Waals surface area contributed by atoms with Crippen LogP contribution in [0.2, 0.25) is 0 Å². The molecule has 7 heteroatoms. The second kappa shape index (κ2) is 6.83. The minimum atomic E-state index is -0.638. The number of alkyl halides is 1. The first-order chi connectivity index (χ1) is 12.6. The first-order valence-electron chi connectivity index (χ1n) is 9.04. The van der Waals surface area contributed by atoms with Gasteiger partial charge >= 0.3 is 0 Å². The summed E-state index contributed by atoms with van der Waals surface area (Å²) in [6.07, 6.45) is 3.91. The maximum Gasteiger partial charge on any atom is 0.251 e. The number of halogens is 1. The first kappa shape index (κ1) is 17.2. The van der Waals surface area contributed by atoms with E-state index in [9.17, 15) is 14.7 Å². The highest BCUT2D eigenvalue weighted by molar-refractivity contribution is 6.27. The average molecular weight is 376 g/mol. The second-order valence-electron chi connectivity index (χ2n) is 7.07. The van der Waals surface area contributed by atoms with Crippen molar-refractivity contribution in [3.05, 3.63) is 41.1 Å². The Labute approximate surface area is 157 Å². The van der Waals surface area contributed by atoms with E-state index in [1.807, 2.05) is 6.07 Å². The number of phenolic OH excluding ortho intramolecular Hbond substituents is 1. The monoisotopic (exact) mass is 375 g/mol. The number of nitrogens with one attached hydrogen (secondary N) is 2. The molecule has 0 spiro atoms. The van der Waals surface area contributed by atoms with Crippen molar-refractivity contribution in [2.24, 2.45) is 0 Å². The number of aromatic hydroxyl groups is 1. The van der Waals surface area contributed by atoms with Crippen molar-refractivity contribution in [3.8, 4) is 5.75 Å². The second-order valence-corrected chi connectivity index (χ2v) is 7.34. The fraction of sp³-hybridized carbons (Fsp3) is 0.474. The van der Waals surface area contributed by atoms with Crippen molar-refractivity contribution in [1.82, 2.24) is 15.5 Å². The molecule has 26 heavy (non-hydrogen) atoms. The van der Waals surface area contributed by atoms with Crippen LogP contribution in [-0.4, -0.2) is 46.3 Å². The maximum atomic E-state index is 12.9. The minimum absolute atomic E-state index is 0.0574. The van der Waals surface area contributed by atoms with Crippen molar-refractivity contribution >= 4 is 23.4 Å². The number of hydrogen-bond acceptors (Lipinski definition) is 4. The number of rotatable bonds is 2. The molecule has 138 valence electrons. The number of nitrogens with zero attached hydrogens (tertiary/aromatic N) is 1. The third kappa shape index (κ3) is 2.72. The lowest BCUT2D eigenvalue weighted by Gasteiger charge is -2.42. The molecule has 0 aromatic heterocycles. The zero-order valence-corrected chi connectivity index (χ0v) is 15.1. The smallest absolute Gasteiger partial charge is 0.251 e. The summed E-state index contributed by atoms with van der Waals surface area (Å²) in [5, 5.41) is 16.9. The summed E-state index contributed by atoms with van der Waals surface area (Å²) in [5.74, 6) is -0.498. The van der Waals surface area contributed by atoms with Crippen LogP contribution in [0, 0.1) is 0 Å². The normalized spacial score (nSPS) is 28.0. The third-order valence-corrected chi connectivity index (χ3v) is 5.86. The summed E-state index contributed by atoms with van der Waals surface area (Å²) >= 11 is 5.95. The molecule has 2 amide bonds. The van der Waals surface area contributed by atoms with Gasteiger partial charge in [0.1, 0.15) is 11.6 Å². The molecule has 3 N–H and O–H groups in total. The molecule has 1 saturated carbocycles. The highest BCUT2D eigenvalue weighted by Gasteiger charge is 2.46. The fourth-order valence-corrected chi connectivity index (χ4v) is 4.64. The number of carbonyl (C=O) groups excluding carboxylic acids is 2. The van der Waals surface area contributed by atoms with Crippen LogP contribution in [-0.2, 0) is 9.59 Å². The van der Waals surface area contributed by atoms with Gasteiger partial charge < -0.3 is 20.6 Å². The molecule has 1 aromatic carbocycles. The van der Waals surface area contributed by atoms with Crippen LogP contribution < -0.4 is 10.6 Å². The third-order valence-electron chi connectivity index (χ3n) is 5.63. The number of para-hydroxylation sites is 1. The molecule has 1 aromatic rings. The van der Waals surface area contributed by atoms with Crippen LogP contribution in [0.15, 0.2) is 35.5 Å². The number of phenols is 1. The maximum absolute atomic E-state index is 12.9. The van der Waals surface area contributed by atoms with Gasteiger partial charge in [0.25, 0.3) is 5.91 Å². The number of amides is 2. The molecular formula is C19H22ClN3O3. The van der Waals surface area contributed by atoms with E-state index in [-0.39, 0.29) is 35.5 Å². The van der Waals surface area contributed by atoms with Gasteiger partial charge in [-0.05, 0) is 18.9 Å². The van der Waals surface area contributed by atoms with Crippen LogP contribution in [0.25, 0.3) is 0 Å². The van der Waals surface area contributed by atoms with Gasteiger partial charge in [0.2, 0.25) is 5.91 Å². The lowest BCUT2D eigenvalue weighted by atomic mass is 9.87. The van der Waals surface area contributed by atoms with E-state index in [0.717, 1.165) is 31.4 Å². The first-order valence-corrected chi connectivity index (χ1v) is 9.58. The molecule has 0 radical (unpaired) electrons. The standard InChI is InChI=1S/C19H22ClN3O3/c20-9-16(25)23-14-7-3-2-6-12(14)22-13-10-21-19(26)17(13)18(23)11-5-1-4-8-15(11)24/h1,4-5,8,12,14,18,22,24H,2-3,6-7,9-10H2,(H,21,26)/t12-,14-,18-/m1/s1. The number of hydrogen-bond donors (Lipinski definition) is 3. The van der Waals surface area contributed by atoms with Gasteiger partial charge in [-0.1, -0.05) is 31.0 Å². The quantitative estimate of drug-likeness (QED) is 0.688. The molecule has 0 bridgehead atoms. The summed E-state index contributed by atoms with van der Waals surface area (Å²) in [5.41, 5.74) is 1.90. The summed E-state index contributed by atoms with van der Waals surface area (Å²) < 4.78 is 0. The predicted molar refractivity (Wildman–Crippen MR) is 97.6 cm³/mol. The summed E-state index contributed by atoms with van der Waals surface area (Å²) in [4.78, 5) is 27.3. The van der Waals surface area contributed by atoms with Gasteiger partial charge in [0.15, 0.2) is 0 Å². The molecule has 0 saturated heterocycles. The lowest BCUT2D eigenvalue weighted by molar-refractivity contribution is -0.134. The molecule has 3 aliphatic rings. The van der Waals surface area contributed by atoms with E-state index in [4.69, 9.17) is 11.6 Å².